The number of nitrogens with zero attached hydrogens (tertiary/aromatic N) is 1. The van der Waals surface area contributed by atoms with Crippen LogP contribution in [-0.4, -0.2) is 34.4 Å². The summed E-state index contributed by atoms with van der Waals surface area (Å²) in [6.45, 7) is 1.86. The molecule has 1 aromatic heterocycles. The number of rotatable bonds is 2. The number of hydrogen-bond donors (Lipinski definition) is 3. The number of piperidine rings is 1. The lowest BCUT2D eigenvalue weighted by molar-refractivity contribution is 0.0695. The molecule has 3 N–H and O–H groups in total. The maximum atomic E-state index is 10.8. The average molecular weight is 195 g/mol. The van der Waals surface area contributed by atoms with Crippen molar-refractivity contribution in [2.24, 2.45) is 0 Å². The van der Waals surface area contributed by atoms with E-state index in [9.17, 15) is 4.79 Å². The van der Waals surface area contributed by atoms with E-state index in [4.69, 9.17) is 5.11 Å². The molecule has 5 heteroatoms. The molecule has 2 heterocycles. The number of carboxylic acids is 1. The quantitative estimate of drug-likeness (QED) is 0.645. The van der Waals surface area contributed by atoms with Crippen molar-refractivity contribution in [2.45, 2.75) is 18.8 Å². The normalized spacial score (nSPS) is 22.1. The van der Waals surface area contributed by atoms with Crippen LogP contribution >= 0.6 is 0 Å². The van der Waals surface area contributed by atoms with Crippen molar-refractivity contribution in [3.8, 4) is 0 Å². The summed E-state index contributed by atoms with van der Waals surface area (Å²) in [5.41, 5.74) is 1.06. The number of carbonyl (C=O) groups is 1. The summed E-state index contributed by atoms with van der Waals surface area (Å²) in [4.78, 5) is 10.8. The van der Waals surface area contributed by atoms with Gasteiger partial charge in [0.25, 0.3) is 0 Å². The molecule has 1 atom stereocenters. The molecule has 0 saturated carbocycles. The Kier molecular flexibility index (Phi) is 2.49. The predicted molar refractivity (Wildman–Crippen MR) is 50.4 cm³/mol. The Labute approximate surface area is 81.5 Å². The second-order valence-corrected chi connectivity index (χ2v) is 3.55. The summed E-state index contributed by atoms with van der Waals surface area (Å²) in [5.74, 6) is -0.642. The van der Waals surface area contributed by atoms with Crippen LogP contribution in [-0.2, 0) is 0 Å². The van der Waals surface area contributed by atoms with Gasteiger partial charge in [0.05, 0.1) is 11.9 Å². The second kappa shape index (κ2) is 3.79. The van der Waals surface area contributed by atoms with E-state index in [2.05, 4.69) is 15.5 Å². The number of aromatic amines is 1. The molecule has 0 radical (unpaired) electrons. The van der Waals surface area contributed by atoms with Crippen LogP contribution < -0.4 is 5.32 Å². The highest BCUT2D eigenvalue weighted by molar-refractivity contribution is 5.88. The van der Waals surface area contributed by atoms with Crippen LogP contribution in [0.2, 0.25) is 0 Å². The lowest BCUT2D eigenvalue weighted by atomic mass is 9.94. The van der Waals surface area contributed by atoms with Crippen LogP contribution in [0, 0.1) is 0 Å². The topological polar surface area (TPSA) is 78.0 Å². The molecule has 76 valence electrons. The fourth-order valence-electron chi connectivity index (χ4n) is 1.88. The maximum Gasteiger partial charge on any atom is 0.339 e. The van der Waals surface area contributed by atoms with Gasteiger partial charge in [0, 0.05) is 12.5 Å². The van der Waals surface area contributed by atoms with Gasteiger partial charge >= 0.3 is 5.97 Å². The Balaban J connectivity index is 2.21. The first-order valence-corrected chi connectivity index (χ1v) is 4.76. The number of H-pyrrole nitrogens is 1. The van der Waals surface area contributed by atoms with Crippen LogP contribution in [0.3, 0.4) is 0 Å². The minimum absolute atomic E-state index is 0.261. The first kappa shape index (κ1) is 9.21. The number of carboxylic acid groups (broad SMARTS) is 1. The van der Waals surface area contributed by atoms with Crippen molar-refractivity contribution < 1.29 is 9.90 Å². The van der Waals surface area contributed by atoms with Crippen molar-refractivity contribution >= 4 is 5.97 Å². The number of nitrogens with one attached hydrogen (secondary N) is 2. The zero-order chi connectivity index (χ0) is 9.97. The monoisotopic (exact) mass is 195 g/mol. The number of aromatic carboxylic acids is 1. The van der Waals surface area contributed by atoms with Crippen LogP contribution in [0.1, 0.15) is 34.8 Å². The summed E-state index contributed by atoms with van der Waals surface area (Å²) >= 11 is 0. The van der Waals surface area contributed by atoms with Crippen molar-refractivity contribution in [1.82, 2.24) is 15.5 Å². The smallest absolute Gasteiger partial charge is 0.339 e. The van der Waals surface area contributed by atoms with E-state index in [0.29, 0.717) is 5.56 Å². The van der Waals surface area contributed by atoms with E-state index in [1.807, 2.05) is 0 Å². The van der Waals surface area contributed by atoms with Gasteiger partial charge in [-0.3, -0.25) is 5.10 Å². The van der Waals surface area contributed by atoms with Crippen molar-refractivity contribution in [3.05, 3.63) is 17.5 Å². The Hall–Kier alpha value is -1.36. The van der Waals surface area contributed by atoms with Gasteiger partial charge in [-0.25, -0.2) is 4.79 Å². The van der Waals surface area contributed by atoms with E-state index in [1.165, 1.54) is 6.20 Å². The van der Waals surface area contributed by atoms with Crippen LogP contribution in [0.5, 0.6) is 0 Å². The molecule has 14 heavy (non-hydrogen) atoms. The molecule has 1 aromatic rings. The lowest BCUT2D eigenvalue weighted by Crippen LogP contribution is -2.29. The minimum atomic E-state index is -0.903. The van der Waals surface area contributed by atoms with Crippen LogP contribution in [0.4, 0.5) is 0 Å². The Morgan fingerprint density at radius 2 is 2.50 bits per heavy atom. The fourth-order valence-corrected chi connectivity index (χ4v) is 1.88. The molecule has 1 saturated heterocycles. The molecule has 0 spiro atoms. The first-order valence-electron chi connectivity index (χ1n) is 4.76. The van der Waals surface area contributed by atoms with Gasteiger partial charge in [0.1, 0.15) is 5.56 Å². The van der Waals surface area contributed by atoms with E-state index < -0.39 is 5.97 Å². The van der Waals surface area contributed by atoms with E-state index in [1.54, 1.807) is 0 Å². The maximum absolute atomic E-state index is 10.8. The molecule has 5 nitrogen and oxygen atoms in total. The third-order valence-electron chi connectivity index (χ3n) is 2.60. The molecule has 0 amide bonds. The summed E-state index contributed by atoms with van der Waals surface area (Å²) < 4.78 is 0. The van der Waals surface area contributed by atoms with E-state index in [-0.39, 0.29) is 5.92 Å². The molecule has 1 aliphatic heterocycles. The highest BCUT2D eigenvalue weighted by Crippen LogP contribution is 2.23. The molecular weight excluding hydrogens is 182 g/mol. The molecule has 0 unspecified atom stereocenters. The van der Waals surface area contributed by atoms with Crippen LogP contribution in [0.25, 0.3) is 0 Å². The molecule has 0 bridgehead atoms. The second-order valence-electron chi connectivity index (χ2n) is 3.55. The van der Waals surface area contributed by atoms with Crippen LogP contribution in [0.15, 0.2) is 6.20 Å². The summed E-state index contributed by atoms with van der Waals surface area (Å²) in [5, 5.41) is 18.7. The van der Waals surface area contributed by atoms with Crippen molar-refractivity contribution in [1.29, 1.82) is 0 Å². The fraction of sp³-hybridized carbons (Fsp3) is 0.556. The largest absolute Gasteiger partial charge is 0.478 e. The molecule has 0 aliphatic carbocycles. The Bertz CT molecular complexity index is 329. The van der Waals surface area contributed by atoms with E-state index in [0.717, 1.165) is 31.6 Å². The highest BCUT2D eigenvalue weighted by Gasteiger charge is 2.22. The summed E-state index contributed by atoms with van der Waals surface area (Å²) in [7, 11) is 0. The van der Waals surface area contributed by atoms with Gasteiger partial charge in [-0.1, -0.05) is 0 Å². The molecule has 1 fully saturated rings. The van der Waals surface area contributed by atoms with Gasteiger partial charge in [-0.2, -0.15) is 5.10 Å². The Morgan fingerprint density at radius 1 is 1.64 bits per heavy atom. The Morgan fingerprint density at radius 3 is 3.14 bits per heavy atom. The van der Waals surface area contributed by atoms with Gasteiger partial charge in [-0.15, -0.1) is 0 Å². The molecule has 0 aromatic carbocycles. The third kappa shape index (κ3) is 1.63. The van der Waals surface area contributed by atoms with Gasteiger partial charge < -0.3 is 10.4 Å². The van der Waals surface area contributed by atoms with Gasteiger partial charge in [0.15, 0.2) is 0 Å². The van der Waals surface area contributed by atoms with Gasteiger partial charge in [-0.05, 0) is 19.4 Å². The summed E-state index contributed by atoms with van der Waals surface area (Å²) in [6.07, 6.45) is 3.49. The highest BCUT2D eigenvalue weighted by atomic mass is 16.4. The van der Waals surface area contributed by atoms with E-state index >= 15 is 0 Å². The minimum Gasteiger partial charge on any atom is -0.478 e. The zero-order valence-corrected chi connectivity index (χ0v) is 7.79. The number of aromatic nitrogens is 2. The molecular formula is C9H13N3O2. The standard InChI is InChI=1S/C9H13N3O2/c13-9(14)7-5-11-12-8(7)6-2-1-3-10-4-6/h5-6,10H,1-4H2,(H,11,12)(H,13,14)/t6-/m1/s1. The first-order chi connectivity index (χ1) is 6.79. The molecule has 1 aliphatic rings. The SMILES string of the molecule is O=C(O)c1cn[nH]c1[C@@H]1CCCNC1. The summed E-state index contributed by atoms with van der Waals surface area (Å²) in [6, 6.07) is 0. The predicted octanol–water partition coefficient (Wildman–Crippen LogP) is 0.575. The van der Waals surface area contributed by atoms with Crippen molar-refractivity contribution in [2.75, 3.05) is 13.1 Å². The third-order valence-corrected chi connectivity index (χ3v) is 2.60. The average Bonchev–Trinajstić information content (AvgIpc) is 2.67. The zero-order valence-electron chi connectivity index (χ0n) is 7.79. The van der Waals surface area contributed by atoms with Crippen molar-refractivity contribution in [3.63, 3.8) is 0 Å². The lowest BCUT2D eigenvalue weighted by Gasteiger charge is -2.21. The van der Waals surface area contributed by atoms with Gasteiger partial charge in [0.2, 0.25) is 0 Å². The number of hydrogen-bond acceptors (Lipinski definition) is 3. The molecule has 2 rings (SSSR count).